The van der Waals surface area contributed by atoms with Gasteiger partial charge in [-0.25, -0.2) is 0 Å². The Labute approximate surface area is 114 Å². The Hall–Kier alpha value is -1.55. The third kappa shape index (κ3) is 2.89. The van der Waals surface area contributed by atoms with Crippen LogP contribution in [-0.2, 0) is 0 Å². The van der Waals surface area contributed by atoms with Gasteiger partial charge < -0.3 is 10.3 Å². The van der Waals surface area contributed by atoms with Gasteiger partial charge in [0.2, 0.25) is 0 Å². The summed E-state index contributed by atoms with van der Waals surface area (Å²) in [4.78, 5) is 14.7. The number of nitrogen functional groups attached to an aromatic ring is 1. The Bertz CT molecular complexity index is 472. The maximum atomic E-state index is 12.7. The zero-order valence-corrected chi connectivity index (χ0v) is 11.9. The van der Waals surface area contributed by atoms with Crippen LogP contribution >= 0.6 is 0 Å². The van der Waals surface area contributed by atoms with Gasteiger partial charge in [0.05, 0.1) is 0 Å². The number of piperidine rings is 1. The summed E-state index contributed by atoms with van der Waals surface area (Å²) in [6.45, 7) is 7.15. The van der Waals surface area contributed by atoms with Crippen molar-refractivity contribution in [3.05, 3.63) is 29.3 Å². The second kappa shape index (κ2) is 5.61. The van der Waals surface area contributed by atoms with E-state index in [-0.39, 0.29) is 5.91 Å². The molecule has 0 spiro atoms. The molecule has 2 atom stereocenters. The summed E-state index contributed by atoms with van der Waals surface area (Å²) < 4.78 is 0. The summed E-state index contributed by atoms with van der Waals surface area (Å²) in [6.07, 6.45) is 2.30. The van der Waals surface area contributed by atoms with E-state index in [0.29, 0.717) is 12.0 Å². The quantitative estimate of drug-likeness (QED) is 0.635. The van der Waals surface area contributed by atoms with Gasteiger partial charge in [-0.3, -0.25) is 10.6 Å². The molecule has 2 unspecified atom stereocenters. The third-order valence-electron chi connectivity index (χ3n) is 4.00. The number of rotatable bonds is 2. The molecule has 0 bridgehead atoms. The average molecular weight is 261 g/mol. The molecule has 1 amide bonds. The summed E-state index contributed by atoms with van der Waals surface area (Å²) in [5, 5.41) is 0. The molecule has 1 saturated heterocycles. The summed E-state index contributed by atoms with van der Waals surface area (Å²) in [5.41, 5.74) is 5.17. The standard InChI is InChI=1S/C15H23N3O/c1-10-4-5-12(3)18(9-10)15(19)14-7-6-13(17-16)8-11(14)2/h6-8,10,12,17H,4-5,9,16H2,1-3H3. The number of carbonyl (C=O) groups is 1. The lowest BCUT2D eigenvalue weighted by atomic mass is 9.94. The summed E-state index contributed by atoms with van der Waals surface area (Å²) in [7, 11) is 0. The van der Waals surface area contributed by atoms with Gasteiger partial charge in [0.1, 0.15) is 0 Å². The van der Waals surface area contributed by atoms with Crippen molar-refractivity contribution in [2.24, 2.45) is 11.8 Å². The van der Waals surface area contributed by atoms with Gasteiger partial charge in [-0.15, -0.1) is 0 Å². The fourth-order valence-corrected chi connectivity index (χ4v) is 2.72. The van der Waals surface area contributed by atoms with Crippen molar-refractivity contribution in [3.63, 3.8) is 0 Å². The highest BCUT2D eigenvalue weighted by Gasteiger charge is 2.28. The first-order valence-corrected chi connectivity index (χ1v) is 6.91. The smallest absolute Gasteiger partial charge is 0.254 e. The molecule has 1 heterocycles. The Balaban J connectivity index is 2.23. The number of carbonyl (C=O) groups excluding carboxylic acids is 1. The van der Waals surface area contributed by atoms with E-state index in [2.05, 4.69) is 19.3 Å². The highest BCUT2D eigenvalue weighted by atomic mass is 16.2. The second-order valence-corrected chi connectivity index (χ2v) is 5.66. The zero-order chi connectivity index (χ0) is 14.0. The van der Waals surface area contributed by atoms with E-state index in [4.69, 9.17) is 5.84 Å². The molecule has 1 aliphatic rings. The number of benzene rings is 1. The number of nitrogens with one attached hydrogen (secondary N) is 1. The lowest BCUT2D eigenvalue weighted by Gasteiger charge is -2.37. The van der Waals surface area contributed by atoms with Gasteiger partial charge in [0, 0.05) is 23.8 Å². The number of anilines is 1. The number of hydrazine groups is 1. The molecule has 1 aromatic carbocycles. The van der Waals surface area contributed by atoms with Crippen LogP contribution in [0.15, 0.2) is 18.2 Å². The number of aryl methyl sites for hydroxylation is 1. The Morgan fingerprint density at radius 3 is 2.74 bits per heavy atom. The molecule has 3 N–H and O–H groups in total. The van der Waals surface area contributed by atoms with E-state index in [1.54, 1.807) is 0 Å². The van der Waals surface area contributed by atoms with Crippen LogP contribution in [-0.4, -0.2) is 23.4 Å². The van der Waals surface area contributed by atoms with Gasteiger partial charge in [0.25, 0.3) is 5.91 Å². The van der Waals surface area contributed by atoms with Crippen LogP contribution in [0.3, 0.4) is 0 Å². The van der Waals surface area contributed by atoms with Crippen LogP contribution in [0.25, 0.3) is 0 Å². The Kier molecular flexibility index (Phi) is 4.10. The fraction of sp³-hybridized carbons (Fsp3) is 0.533. The van der Waals surface area contributed by atoms with E-state index in [1.807, 2.05) is 30.0 Å². The highest BCUT2D eigenvalue weighted by molar-refractivity contribution is 5.96. The first kappa shape index (κ1) is 13.9. The van der Waals surface area contributed by atoms with Crippen molar-refractivity contribution in [2.45, 2.75) is 39.7 Å². The van der Waals surface area contributed by atoms with Gasteiger partial charge in [-0.2, -0.15) is 0 Å². The molecule has 2 rings (SSSR count). The maximum absolute atomic E-state index is 12.7. The topological polar surface area (TPSA) is 58.4 Å². The average Bonchev–Trinajstić information content (AvgIpc) is 2.40. The van der Waals surface area contributed by atoms with Gasteiger partial charge >= 0.3 is 0 Å². The summed E-state index contributed by atoms with van der Waals surface area (Å²) in [5.74, 6) is 6.11. The summed E-state index contributed by atoms with van der Waals surface area (Å²) >= 11 is 0. The fourth-order valence-electron chi connectivity index (χ4n) is 2.72. The number of amides is 1. The molecule has 0 saturated carbocycles. The van der Waals surface area contributed by atoms with E-state index in [9.17, 15) is 4.79 Å². The number of hydrogen-bond acceptors (Lipinski definition) is 3. The van der Waals surface area contributed by atoms with Crippen LogP contribution in [0.2, 0.25) is 0 Å². The molecule has 4 nitrogen and oxygen atoms in total. The van der Waals surface area contributed by atoms with Crippen molar-refractivity contribution >= 4 is 11.6 Å². The molecule has 1 aromatic rings. The summed E-state index contributed by atoms with van der Waals surface area (Å²) in [6, 6.07) is 5.94. The number of nitrogens with two attached hydrogens (primary N) is 1. The molecule has 0 aromatic heterocycles. The van der Waals surface area contributed by atoms with Crippen molar-refractivity contribution in [1.82, 2.24) is 4.90 Å². The van der Waals surface area contributed by atoms with Crippen LogP contribution in [0.1, 0.15) is 42.6 Å². The van der Waals surface area contributed by atoms with Gasteiger partial charge in [0.15, 0.2) is 0 Å². The van der Waals surface area contributed by atoms with Crippen LogP contribution in [0.5, 0.6) is 0 Å². The molecule has 0 aliphatic carbocycles. The van der Waals surface area contributed by atoms with E-state index in [1.165, 1.54) is 6.42 Å². The van der Waals surface area contributed by atoms with E-state index < -0.39 is 0 Å². The van der Waals surface area contributed by atoms with Gasteiger partial charge in [-0.05, 0) is 56.4 Å². The van der Waals surface area contributed by atoms with Crippen molar-refractivity contribution in [1.29, 1.82) is 0 Å². The molecular weight excluding hydrogens is 238 g/mol. The van der Waals surface area contributed by atoms with Crippen LogP contribution < -0.4 is 11.3 Å². The largest absolute Gasteiger partial charge is 0.336 e. The molecule has 0 radical (unpaired) electrons. The molecule has 1 aliphatic heterocycles. The van der Waals surface area contributed by atoms with E-state index in [0.717, 1.165) is 29.8 Å². The van der Waals surface area contributed by atoms with Crippen molar-refractivity contribution < 1.29 is 4.79 Å². The predicted molar refractivity (Wildman–Crippen MR) is 77.9 cm³/mol. The minimum Gasteiger partial charge on any atom is -0.336 e. The second-order valence-electron chi connectivity index (χ2n) is 5.66. The normalized spacial score (nSPS) is 23.3. The number of likely N-dealkylation sites (tertiary alicyclic amines) is 1. The lowest BCUT2D eigenvalue weighted by Crippen LogP contribution is -2.45. The molecule has 104 valence electrons. The van der Waals surface area contributed by atoms with Crippen LogP contribution in [0.4, 0.5) is 5.69 Å². The monoisotopic (exact) mass is 261 g/mol. The van der Waals surface area contributed by atoms with Crippen LogP contribution in [0, 0.1) is 12.8 Å². The molecule has 4 heteroatoms. The first-order chi connectivity index (χ1) is 9.02. The Morgan fingerprint density at radius 1 is 1.37 bits per heavy atom. The Morgan fingerprint density at radius 2 is 2.11 bits per heavy atom. The number of hydrogen-bond donors (Lipinski definition) is 2. The minimum atomic E-state index is 0.139. The number of nitrogens with zero attached hydrogens (tertiary/aromatic N) is 1. The van der Waals surface area contributed by atoms with E-state index >= 15 is 0 Å². The molecule has 19 heavy (non-hydrogen) atoms. The highest BCUT2D eigenvalue weighted by Crippen LogP contribution is 2.25. The predicted octanol–water partition coefficient (Wildman–Crippen LogP) is 2.54. The minimum absolute atomic E-state index is 0.139. The third-order valence-corrected chi connectivity index (χ3v) is 4.00. The molecular formula is C15H23N3O. The zero-order valence-electron chi connectivity index (χ0n) is 11.9. The lowest BCUT2D eigenvalue weighted by molar-refractivity contribution is 0.0573. The van der Waals surface area contributed by atoms with Gasteiger partial charge in [-0.1, -0.05) is 6.92 Å². The molecule has 1 fully saturated rings. The van der Waals surface area contributed by atoms with Crippen molar-refractivity contribution in [2.75, 3.05) is 12.0 Å². The first-order valence-electron chi connectivity index (χ1n) is 6.91. The SMILES string of the molecule is Cc1cc(NN)ccc1C(=O)N1CC(C)CCC1C. The van der Waals surface area contributed by atoms with Crippen molar-refractivity contribution in [3.8, 4) is 0 Å². The maximum Gasteiger partial charge on any atom is 0.254 e.